The second kappa shape index (κ2) is 6.85. The van der Waals surface area contributed by atoms with Gasteiger partial charge in [-0.3, -0.25) is 0 Å². The summed E-state index contributed by atoms with van der Waals surface area (Å²) in [7, 11) is 0. The normalized spacial score (nSPS) is 10.4. The number of nitrogens with two attached hydrogens (primary N) is 1. The van der Waals surface area contributed by atoms with Crippen molar-refractivity contribution in [1.82, 2.24) is 9.97 Å². The van der Waals surface area contributed by atoms with Crippen molar-refractivity contribution in [3.05, 3.63) is 39.2 Å². The molecule has 1 aromatic heterocycles. The van der Waals surface area contributed by atoms with Crippen LogP contribution in [0.2, 0.25) is 0 Å². The lowest BCUT2D eigenvalue weighted by Gasteiger charge is -2.15. The molecule has 0 aliphatic rings. The van der Waals surface area contributed by atoms with Gasteiger partial charge in [0.25, 0.3) is 0 Å². The summed E-state index contributed by atoms with van der Waals surface area (Å²) >= 11 is 2.33. The van der Waals surface area contributed by atoms with Crippen molar-refractivity contribution < 1.29 is 0 Å². The van der Waals surface area contributed by atoms with Gasteiger partial charge in [-0.25, -0.2) is 15.8 Å². The second-order valence-electron chi connectivity index (χ2n) is 4.48. The molecule has 0 amide bonds. The molecule has 2 aromatic rings. The van der Waals surface area contributed by atoms with E-state index in [-0.39, 0.29) is 0 Å². The molecule has 5 nitrogen and oxygen atoms in total. The average Bonchev–Trinajstić information content (AvgIpc) is 2.46. The number of hydrazine groups is 1. The molecule has 1 heterocycles. The molecule has 4 N–H and O–H groups in total. The topological polar surface area (TPSA) is 75.9 Å². The first-order valence-corrected chi connectivity index (χ1v) is 7.57. The van der Waals surface area contributed by atoms with E-state index in [9.17, 15) is 0 Å². The number of nitrogen functional groups attached to an aromatic ring is 1. The Hall–Kier alpha value is -1.41. The van der Waals surface area contributed by atoms with Crippen molar-refractivity contribution in [2.45, 2.75) is 26.7 Å². The summed E-state index contributed by atoms with van der Waals surface area (Å²) in [6, 6.07) is 6.16. The maximum atomic E-state index is 5.53. The van der Waals surface area contributed by atoms with Gasteiger partial charge in [-0.15, -0.1) is 0 Å². The molecule has 0 saturated carbocycles. The Bertz CT molecular complexity index is 600. The zero-order valence-electron chi connectivity index (χ0n) is 11.6. The molecule has 0 bridgehead atoms. The van der Waals surface area contributed by atoms with E-state index >= 15 is 0 Å². The van der Waals surface area contributed by atoms with Gasteiger partial charge in [-0.2, -0.15) is 0 Å². The molecule has 1 aromatic carbocycles. The zero-order chi connectivity index (χ0) is 14.5. The van der Waals surface area contributed by atoms with E-state index in [2.05, 4.69) is 63.2 Å². The molecule has 0 aliphatic carbocycles. The van der Waals surface area contributed by atoms with Crippen LogP contribution in [0, 0.1) is 10.5 Å². The molecule has 6 heteroatoms. The van der Waals surface area contributed by atoms with Gasteiger partial charge in [-0.05, 0) is 53.6 Å². The number of hydrogen-bond donors (Lipinski definition) is 3. The summed E-state index contributed by atoms with van der Waals surface area (Å²) in [6.45, 7) is 4.21. The molecule has 20 heavy (non-hydrogen) atoms. The summed E-state index contributed by atoms with van der Waals surface area (Å²) in [5.74, 6) is 7.01. The van der Waals surface area contributed by atoms with Crippen molar-refractivity contribution in [2.75, 3.05) is 10.7 Å². The highest BCUT2D eigenvalue weighted by molar-refractivity contribution is 14.1. The minimum absolute atomic E-state index is 0.674. The molecular formula is C14H18IN5. The fraction of sp³-hybridized carbons (Fsp3) is 0.286. The standard InChI is InChI=1S/C14H18IN5/c1-3-5-10-13(17-8-18-14(10)20-16)19-12-7-4-6-11(15)9(12)2/h4,6-8H,3,5,16H2,1-2H3,(H2,17,18,19,20). The van der Waals surface area contributed by atoms with Gasteiger partial charge in [0.2, 0.25) is 0 Å². The summed E-state index contributed by atoms with van der Waals surface area (Å²) in [5, 5.41) is 3.39. The van der Waals surface area contributed by atoms with Gasteiger partial charge in [0, 0.05) is 14.8 Å². The Morgan fingerprint density at radius 2 is 2.00 bits per heavy atom. The number of hydrogen-bond acceptors (Lipinski definition) is 5. The van der Waals surface area contributed by atoms with Crippen LogP contribution < -0.4 is 16.6 Å². The molecule has 0 radical (unpaired) electrons. The summed E-state index contributed by atoms with van der Waals surface area (Å²) in [4.78, 5) is 8.52. The number of benzene rings is 1. The fourth-order valence-corrected chi connectivity index (χ4v) is 2.50. The minimum Gasteiger partial charge on any atom is -0.340 e. The average molecular weight is 383 g/mol. The smallest absolute Gasteiger partial charge is 0.148 e. The lowest BCUT2D eigenvalue weighted by atomic mass is 10.1. The Balaban J connectivity index is 2.40. The van der Waals surface area contributed by atoms with Crippen molar-refractivity contribution in [1.29, 1.82) is 0 Å². The maximum absolute atomic E-state index is 5.53. The first-order chi connectivity index (χ1) is 9.67. The molecule has 2 rings (SSSR count). The molecular weight excluding hydrogens is 365 g/mol. The van der Waals surface area contributed by atoms with E-state index in [1.54, 1.807) is 0 Å². The number of rotatable bonds is 5. The van der Waals surface area contributed by atoms with Gasteiger partial charge in [0.1, 0.15) is 18.0 Å². The highest BCUT2D eigenvalue weighted by Crippen LogP contribution is 2.27. The van der Waals surface area contributed by atoms with E-state index in [4.69, 9.17) is 5.84 Å². The van der Waals surface area contributed by atoms with Crippen LogP contribution in [-0.4, -0.2) is 9.97 Å². The van der Waals surface area contributed by atoms with E-state index in [0.29, 0.717) is 5.82 Å². The van der Waals surface area contributed by atoms with Crippen LogP contribution in [0.25, 0.3) is 0 Å². The number of halogens is 1. The van der Waals surface area contributed by atoms with Gasteiger partial charge < -0.3 is 10.7 Å². The molecule has 106 valence electrons. The van der Waals surface area contributed by atoms with Gasteiger partial charge >= 0.3 is 0 Å². The third-order valence-corrected chi connectivity index (χ3v) is 4.27. The quantitative estimate of drug-likeness (QED) is 0.419. The Morgan fingerprint density at radius 3 is 2.70 bits per heavy atom. The number of anilines is 3. The first-order valence-electron chi connectivity index (χ1n) is 6.50. The monoisotopic (exact) mass is 383 g/mol. The van der Waals surface area contributed by atoms with E-state index < -0.39 is 0 Å². The molecule has 0 aliphatic heterocycles. The molecule has 0 unspecified atom stereocenters. The van der Waals surface area contributed by atoms with Crippen molar-refractivity contribution in [2.24, 2.45) is 5.84 Å². The van der Waals surface area contributed by atoms with Crippen molar-refractivity contribution in [3.63, 3.8) is 0 Å². The van der Waals surface area contributed by atoms with Crippen LogP contribution in [0.4, 0.5) is 17.3 Å². The third kappa shape index (κ3) is 3.18. The Labute approximate surface area is 132 Å². The van der Waals surface area contributed by atoms with Crippen LogP contribution in [0.1, 0.15) is 24.5 Å². The first kappa shape index (κ1) is 15.0. The lowest BCUT2D eigenvalue weighted by Crippen LogP contribution is -2.13. The molecule has 0 spiro atoms. The number of aromatic nitrogens is 2. The van der Waals surface area contributed by atoms with Gasteiger partial charge in [-0.1, -0.05) is 19.4 Å². The molecule has 0 atom stereocenters. The molecule has 0 fully saturated rings. The van der Waals surface area contributed by atoms with Crippen LogP contribution in [0.15, 0.2) is 24.5 Å². The number of nitrogens with one attached hydrogen (secondary N) is 2. The Kier molecular flexibility index (Phi) is 5.13. The summed E-state index contributed by atoms with van der Waals surface area (Å²) in [6.07, 6.45) is 3.38. The van der Waals surface area contributed by atoms with Crippen LogP contribution in [0.5, 0.6) is 0 Å². The summed E-state index contributed by atoms with van der Waals surface area (Å²) < 4.78 is 1.22. The largest absolute Gasteiger partial charge is 0.340 e. The highest BCUT2D eigenvalue weighted by atomic mass is 127. The van der Waals surface area contributed by atoms with Crippen LogP contribution in [-0.2, 0) is 6.42 Å². The molecule has 0 saturated heterocycles. The lowest BCUT2D eigenvalue weighted by molar-refractivity contribution is 0.903. The maximum Gasteiger partial charge on any atom is 0.148 e. The highest BCUT2D eigenvalue weighted by Gasteiger charge is 2.11. The van der Waals surface area contributed by atoms with Gasteiger partial charge in [0.15, 0.2) is 0 Å². The summed E-state index contributed by atoms with van der Waals surface area (Å²) in [5.41, 5.74) is 5.91. The Morgan fingerprint density at radius 1 is 1.25 bits per heavy atom. The number of nitrogens with zero attached hydrogens (tertiary/aromatic N) is 2. The van der Waals surface area contributed by atoms with E-state index in [0.717, 1.165) is 29.9 Å². The van der Waals surface area contributed by atoms with E-state index in [1.165, 1.54) is 15.5 Å². The predicted octanol–water partition coefficient (Wildman–Crippen LogP) is 3.37. The van der Waals surface area contributed by atoms with E-state index in [1.807, 2.05) is 12.1 Å². The second-order valence-corrected chi connectivity index (χ2v) is 5.64. The zero-order valence-corrected chi connectivity index (χ0v) is 13.7. The third-order valence-electron chi connectivity index (χ3n) is 3.10. The van der Waals surface area contributed by atoms with Gasteiger partial charge in [0.05, 0.1) is 0 Å². The van der Waals surface area contributed by atoms with Crippen LogP contribution >= 0.6 is 22.6 Å². The van der Waals surface area contributed by atoms with Crippen LogP contribution in [0.3, 0.4) is 0 Å². The van der Waals surface area contributed by atoms with Crippen molar-refractivity contribution >= 4 is 39.9 Å². The minimum atomic E-state index is 0.674. The van der Waals surface area contributed by atoms with Crippen molar-refractivity contribution in [3.8, 4) is 0 Å². The fourth-order valence-electron chi connectivity index (χ4n) is 2.00. The SMILES string of the molecule is CCCc1c(NN)ncnc1Nc1cccc(I)c1C. The predicted molar refractivity (Wildman–Crippen MR) is 91.0 cm³/mol.